The molecule has 0 spiro atoms. The van der Waals surface area contributed by atoms with Gasteiger partial charge in [-0.05, 0) is 67.6 Å². The van der Waals surface area contributed by atoms with Crippen LogP contribution in [0.15, 0.2) is 77.7 Å². The van der Waals surface area contributed by atoms with Gasteiger partial charge in [0.25, 0.3) is 15.9 Å². The van der Waals surface area contributed by atoms with Gasteiger partial charge in [-0.25, -0.2) is 8.42 Å². The van der Waals surface area contributed by atoms with Crippen molar-refractivity contribution in [2.45, 2.75) is 11.8 Å². The molecule has 0 aliphatic carbocycles. The van der Waals surface area contributed by atoms with E-state index < -0.39 is 21.8 Å². The highest BCUT2D eigenvalue weighted by atomic mass is 35.5. The van der Waals surface area contributed by atoms with E-state index >= 15 is 0 Å². The van der Waals surface area contributed by atoms with Gasteiger partial charge in [0.2, 0.25) is 5.91 Å². The lowest BCUT2D eigenvalue weighted by Gasteiger charge is -2.10. The number of rotatable bonds is 9. The average Bonchev–Trinajstić information content (AvgIpc) is 2.79. The quantitative estimate of drug-likeness (QED) is 0.423. The van der Waals surface area contributed by atoms with Crippen LogP contribution < -0.4 is 20.1 Å². The molecule has 3 aromatic rings. The molecule has 0 saturated heterocycles. The molecule has 3 N–H and O–H groups in total. The van der Waals surface area contributed by atoms with Crippen molar-refractivity contribution in [1.29, 1.82) is 0 Å². The van der Waals surface area contributed by atoms with Crippen LogP contribution in [-0.4, -0.2) is 33.4 Å². The van der Waals surface area contributed by atoms with E-state index in [9.17, 15) is 18.0 Å². The molecule has 0 aromatic heterocycles. The zero-order chi connectivity index (χ0) is 23.8. The lowest BCUT2D eigenvalue weighted by atomic mass is 10.2. The Kier molecular flexibility index (Phi) is 7.92. The highest BCUT2D eigenvalue weighted by molar-refractivity contribution is 7.92. The third kappa shape index (κ3) is 6.96. The first-order valence-corrected chi connectivity index (χ1v) is 11.8. The predicted octanol–water partition coefficient (Wildman–Crippen LogP) is 3.91. The molecule has 0 bridgehead atoms. The molecule has 0 fully saturated rings. The van der Waals surface area contributed by atoms with Gasteiger partial charge in [0.1, 0.15) is 5.75 Å². The summed E-state index contributed by atoms with van der Waals surface area (Å²) in [5.41, 5.74) is 0.944. The van der Waals surface area contributed by atoms with E-state index in [1.165, 1.54) is 30.3 Å². The second-order valence-electron chi connectivity index (χ2n) is 6.83. The van der Waals surface area contributed by atoms with Crippen molar-refractivity contribution < 1.29 is 22.7 Å². The Labute approximate surface area is 197 Å². The van der Waals surface area contributed by atoms with Gasteiger partial charge in [0, 0.05) is 16.3 Å². The number of sulfonamides is 1. The van der Waals surface area contributed by atoms with Gasteiger partial charge in [-0.3, -0.25) is 14.3 Å². The second-order valence-corrected chi connectivity index (χ2v) is 8.95. The van der Waals surface area contributed by atoms with Crippen LogP contribution in [0.2, 0.25) is 5.02 Å². The molecular formula is C23H22ClN3O5S. The smallest absolute Gasteiger partial charge is 0.261 e. The molecule has 0 aliphatic rings. The molecule has 0 heterocycles. The zero-order valence-corrected chi connectivity index (χ0v) is 19.2. The van der Waals surface area contributed by atoms with E-state index in [-0.39, 0.29) is 17.0 Å². The van der Waals surface area contributed by atoms with Crippen LogP contribution in [0.5, 0.6) is 5.75 Å². The maximum absolute atomic E-state index is 12.7. The van der Waals surface area contributed by atoms with E-state index in [0.717, 1.165) is 0 Å². The fraction of sp³-hybridized carbons (Fsp3) is 0.130. The maximum Gasteiger partial charge on any atom is 0.261 e. The average molecular weight is 488 g/mol. The summed E-state index contributed by atoms with van der Waals surface area (Å²) in [4.78, 5) is 24.5. The van der Waals surface area contributed by atoms with E-state index in [4.69, 9.17) is 16.3 Å². The zero-order valence-electron chi connectivity index (χ0n) is 17.7. The van der Waals surface area contributed by atoms with Crippen LogP contribution in [0, 0.1) is 0 Å². The summed E-state index contributed by atoms with van der Waals surface area (Å²) in [6.07, 6.45) is 0. The molecule has 172 valence electrons. The highest BCUT2D eigenvalue weighted by Gasteiger charge is 2.17. The van der Waals surface area contributed by atoms with Gasteiger partial charge >= 0.3 is 0 Å². The molecule has 0 radical (unpaired) electrons. The van der Waals surface area contributed by atoms with Gasteiger partial charge < -0.3 is 15.4 Å². The van der Waals surface area contributed by atoms with E-state index in [1.807, 2.05) is 6.92 Å². The van der Waals surface area contributed by atoms with Gasteiger partial charge in [0.05, 0.1) is 23.7 Å². The minimum absolute atomic E-state index is 0.0952. The van der Waals surface area contributed by atoms with Crippen LogP contribution in [-0.2, 0) is 14.8 Å². The normalized spacial score (nSPS) is 10.8. The predicted molar refractivity (Wildman–Crippen MR) is 127 cm³/mol. The second kappa shape index (κ2) is 10.8. The Hall–Kier alpha value is -3.56. The van der Waals surface area contributed by atoms with Gasteiger partial charge in [-0.15, -0.1) is 0 Å². The summed E-state index contributed by atoms with van der Waals surface area (Å²) in [5, 5.41) is 5.52. The molecular weight excluding hydrogens is 466 g/mol. The molecule has 0 atom stereocenters. The summed E-state index contributed by atoms with van der Waals surface area (Å²) in [5.74, 6) is -0.334. The highest BCUT2D eigenvalue weighted by Crippen LogP contribution is 2.20. The molecule has 0 unspecified atom stereocenters. The topological polar surface area (TPSA) is 114 Å². The fourth-order valence-corrected chi connectivity index (χ4v) is 4.12. The number of ether oxygens (including phenoxy) is 1. The van der Waals surface area contributed by atoms with Crippen molar-refractivity contribution in [2.24, 2.45) is 0 Å². The molecule has 3 rings (SSSR count). The van der Waals surface area contributed by atoms with E-state index in [2.05, 4.69) is 15.4 Å². The van der Waals surface area contributed by atoms with Gasteiger partial charge in [-0.1, -0.05) is 23.7 Å². The van der Waals surface area contributed by atoms with Crippen LogP contribution >= 0.6 is 11.6 Å². The Morgan fingerprint density at radius 1 is 0.939 bits per heavy atom. The van der Waals surface area contributed by atoms with Crippen molar-refractivity contribution >= 4 is 44.8 Å². The summed E-state index contributed by atoms with van der Waals surface area (Å²) >= 11 is 5.89. The standard InChI is InChI=1S/C23H22ClN3O5S/c1-2-32-20-11-9-18(10-12-20)26-22(28)15-25-23(29)16-5-3-8-21(13-16)33(30,31)27-19-7-4-6-17(24)14-19/h3-14,27H,2,15H2,1H3,(H,25,29)(H,26,28). The number of anilines is 2. The molecule has 0 saturated carbocycles. The summed E-state index contributed by atoms with van der Waals surface area (Å²) in [6, 6.07) is 18.6. The first-order chi connectivity index (χ1) is 15.8. The third-order valence-electron chi connectivity index (χ3n) is 4.34. The monoisotopic (exact) mass is 487 g/mol. The summed E-state index contributed by atoms with van der Waals surface area (Å²) < 4.78 is 33.1. The van der Waals surface area contributed by atoms with Crippen molar-refractivity contribution in [3.63, 3.8) is 0 Å². The molecule has 2 amide bonds. The largest absolute Gasteiger partial charge is 0.494 e. The van der Waals surface area contributed by atoms with Gasteiger partial charge in [0.15, 0.2) is 0 Å². The first-order valence-electron chi connectivity index (χ1n) is 9.96. The Morgan fingerprint density at radius 2 is 1.67 bits per heavy atom. The third-order valence-corrected chi connectivity index (χ3v) is 5.96. The summed E-state index contributed by atoms with van der Waals surface area (Å²) in [6.45, 7) is 2.12. The lowest BCUT2D eigenvalue weighted by Crippen LogP contribution is -2.33. The summed E-state index contributed by atoms with van der Waals surface area (Å²) in [7, 11) is -3.94. The molecule has 8 nitrogen and oxygen atoms in total. The number of hydrogen-bond donors (Lipinski definition) is 3. The number of carbonyl (C=O) groups excluding carboxylic acids is 2. The van der Waals surface area contributed by atoms with Crippen LogP contribution in [0.25, 0.3) is 0 Å². The van der Waals surface area contributed by atoms with Crippen molar-refractivity contribution in [1.82, 2.24) is 5.32 Å². The van der Waals surface area contributed by atoms with Crippen molar-refractivity contribution in [3.8, 4) is 5.75 Å². The van der Waals surface area contributed by atoms with Crippen molar-refractivity contribution in [2.75, 3.05) is 23.2 Å². The van der Waals surface area contributed by atoms with Gasteiger partial charge in [-0.2, -0.15) is 0 Å². The number of benzene rings is 3. The fourth-order valence-electron chi connectivity index (χ4n) is 2.84. The minimum atomic E-state index is -3.94. The Morgan fingerprint density at radius 3 is 2.36 bits per heavy atom. The number of carbonyl (C=O) groups is 2. The molecule has 3 aromatic carbocycles. The Balaban J connectivity index is 1.60. The van der Waals surface area contributed by atoms with Crippen LogP contribution in [0.3, 0.4) is 0 Å². The number of hydrogen-bond acceptors (Lipinski definition) is 5. The van der Waals surface area contributed by atoms with Crippen LogP contribution in [0.4, 0.5) is 11.4 Å². The number of nitrogens with one attached hydrogen (secondary N) is 3. The van der Waals surface area contributed by atoms with Crippen LogP contribution in [0.1, 0.15) is 17.3 Å². The maximum atomic E-state index is 12.7. The number of halogens is 1. The molecule has 33 heavy (non-hydrogen) atoms. The minimum Gasteiger partial charge on any atom is -0.494 e. The van der Waals surface area contributed by atoms with Crippen molar-refractivity contribution in [3.05, 3.63) is 83.4 Å². The van der Waals surface area contributed by atoms with E-state index in [0.29, 0.717) is 28.8 Å². The molecule has 0 aliphatic heterocycles. The SMILES string of the molecule is CCOc1ccc(NC(=O)CNC(=O)c2cccc(S(=O)(=O)Nc3cccc(Cl)c3)c2)cc1. The first kappa shape index (κ1) is 24.1. The lowest BCUT2D eigenvalue weighted by molar-refractivity contribution is -0.115. The van der Waals surface area contributed by atoms with E-state index in [1.54, 1.807) is 42.5 Å². The molecule has 10 heteroatoms. The number of amides is 2. The Bertz CT molecular complexity index is 1250.